The summed E-state index contributed by atoms with van der Waals surface area (Å²) in [5.41, 5.74) is 1.52. The molecule has 1 aliphatic rings. The summed E-state index contributed by atoms with van der Waals surface area (Å²) < 4.78 is 15.7. The number of hydrogen-bond donors (Lipinski definition) is 1. The van der Waals surface area contributed by atoms with Gasteiger partial charge in [-0.25, -0.2) is 0 Å². The molecule has 6 nitrogen and oxygen atoms in total. The van der Waals surface area contributed by atoms with Crippen LogP contribution in [0.3, 0.4) is 0 Å². The number of rotatable bonds is 6. The van der Waals surface area contributed by atoms with Gasteiger partial charge in [0.15, 0.2) is 17.6 Å². The third-order valence-electron chi connectivity index (χ3n) is 3.87. The number of carbonyl (C=O) groups is 2. The molecule has 0 saturated carbocycles. The summed E-state index contributed by atoms with van der Waals surface area (Å²) in [6.07, 6.45) is -0.890. The average Bonchev–Trinajstić information content (AvgIpc) is 3.09. The number of hydrogen-bond acceptors (Lipinski definition) is 5. The Bertz CT molecular complexity index is 823. The molecule has 0 aromatic heterocycles. The number of halogens is 1. The number of ether oxygens (including phenoxy) is 3. The van der Waals surface area contributed by atoms with Crippen LogP contribution >= 0.6 is 11.6 Å². The number of nitrogens with one attached hydrogen (secondary N) is 1. The van der Waals surface area contributed by atoms with E-state index in [1.54, 1.807) is 36.4 Å². The van der Waals surface area contributed by atoms with Gasteiger partial charge < -0.3 is 19.5 Å². The second-order valence-electron chi connectivity index (χ2n) is 5.81. The van der Waals surface area contributed by atoms with Crippen molar-refractivity contribution >= 4 is 23.5 Å². The van der Waals surface area contributed by atoms with Gasteiger partial charge in [0.25, 0.3) is 5.91 Å². The number of amides is 1. The summed E-state index contributed by atoms with van der Waals surface area (Å²) in [6, 6.07) is 12.4. The van der Waals surface area contributed by atoms with Crippen LogP contribution in [0.4, 0.5) is 0 Å². The normalized spacial score (nSPS) is 13.2. The summed E-state index contributed by atoms with van der Waals surface area (Å²) in [4.78, 5) is 24.1. The van der Waals surface area contributed by atoms with Crippen molar-refractivity contribution in [1.82, 2.24) is 5.32 Å². The zero-order valence-corrected chi connectivity index (χ0v) is 14.9. The van der Waals surface area contributed by atoms with Crippen LogP contribution in [0.25, 0.3) is 0 Å². The minimum Gasteiger partial charge on any atom is -0.454 e. The topological polar surface area (TPSA) is 73.9 Å². The Kier molecular flexibility index (Phi) is 5.63. The second kappa shape index (κ2) is 8.10. The molecular weight excluding hydrogens is 358 g/mol. The lowest BCUT2D eigenvalue weighted by Gasteiger charge is -2.14. The van der Waals surface area contributed by atoms with Gasteiger partial charge >= 0.3 is 5.97 Å². The van der Waals surface area contributed by atoms with Gasteiger partial charge in [-0.3, -0.25) is 9.59 Å². The van der Waals surface area contributed by atoms with E-state index in [1.165, 1.54) is 6.92 Å². The van der Waals surface area contributed by atoms with E-state index in [-0.39, 0.29) is 19.1 Å². The molecule has 2 aromatic rings. The van der Waals surface area contributed by atoms with Crippen LogP contribution in [0, 0.1) is 0 Å². The first-order valence-electron chi connectivity index (χ1n) is 8.12. The molecule has 0 bridgehead atoms. The van der Waals surface area contributed by atoms with E-state index in [1.807, 2.05) is 6.07 Å². The third kappa shape index (κ3) is 4.46. The fourth-order valence-corrected chi connectivity index (χ4v) is 2.68. The first-order valence-corrected chi connectivity index (χ1v) is 8.50. The fourth-order valence-electron chi connectivity index (χ4n) is 2.47. The standard InChI is InChI=1S/C19H18ClNO5/c1-12(26-18(22)9-14-4-2-3-5-15(14)20)19(23)21-10-13-6-7-16-17(8-13)25-11-24-16/h2-8,12H,9-11H2,1H3,(H,21,23)/t12-/m0/s1. The fraction of sp³-hybridized carbons (Fsp3) is 0.263. The van der Waals surface area contributed by atoms with Gasteiger partial charge in [-0.05, 0) is 36.2 Å². The third-order valence-corrected chi connectivity index (χ3v) is 4.24. The van der Waals surface area contributed by atoms with Crippen LogP contribution in [0.15, 0.2) is 42.5 Å². The van der Waals surface area contributed by atoms with Crippen LogP contribution in [0.2, 0.25) is 5.02 Å². The molecule has 136 valence electrons. The van der Waals surface area contributed by atoms with Crippen molar-refractivity contribution in [2.24, 2.45) is 0 Å². The SMILES string of the molecule is C[C@H](OC(=O)Cc1ccccc1Cl)C(=O)NCc1ccc2c(c1)OCO2. The Balaban J connectivity index is 1.48. The van der Waals surface area contributed by atoms with Crippen LogP contribution in [-0.4, -0.2) is 24.8 Å². The quantitative estimate of drug-likeness (QED) is 0.786. The van der Waals surface area contributed by atoms with E-state index >= 15 is 0 Å². The predicted molar refractivity (Wildman–Crippen MR) is 95.1 cm³/mol. The van der Waals surface area contributed by atoms with E-state index < -0.39 is 12.1 Å². The van der Waals surface area contributed by atoms with Gasteiger partial charge in [0, 0.05) is 11.6 Å². The summed E-state index contributed by atoms with van der Waals surface area (Å²) in [6.45, 7) is 2.02. The zero-order valence-electron chi connectivity index (χ0n) is 14.2. The Hall–Kier alpha value is -2.73. The average molecular weight is 376 g/mol. The summed E-state index contributed by atoms with van der Waals surface area (Å²) in [5, 5.41) is 3.22. The largest absolute Gasteiger partial charge is 0.454 e. The van der Waals surface area contributed by atoms with Crippen LogP contribution in [0.1, 0.15) is 18.1 Å². The molecule has 7 heteroatoms. The van der Waals surface area contributed by atoms with Crippen molar-refractivity contribution in [3.05, 3.63) is 58.6 Å². The number of carbonyl (C=O) groups excluding carboxylic acids is 2. The van der Waals surface area contributed by atoms with Crippen molar-refractivity contribution in [2.75, 3.05) is 6.79 Å². The summed E-state index contributed by atoms with van der Waals surface area (Å²) >= 11 is 6.02. The highest BCUT2D eigenvalue weighted by Crippen LogP contribution is 2.32. The molecule has 1 amide bonds. The molecule has 0 saturated heterocycles. The molecule has 3 rings (SSSR count). The Labute approximate surface area is 156 Å². The molecule has 1 heterocycles. The van der Waals surface area contributed by atoms with Crippen LogP contribution < -0.4 is 14.8 Å². The second-order valence-corrected chi connectivity index (χ2v) is 6.21. The maximum absolute atomic E-state index is 12.1. The molecule has 26 heavy (non-hydrogen) atoms. The van der Waals surface area contributed by atoms with Gasteiger partial charge in [0.05, 0.1) is 6.42 Å². The van der Waals surface area contributed by atoms with E-state index in [0.717, 1.165) is 5.56 Å². The van der Waals surface area contributed by atoms with Crippen LogP contribution in [-0.2, 0) is 27.3 Å². The monoisotopic (exact) mass is 375 g/mol. The van der Waals surface area contributed by atoms with Gasteiger partial charge in [-0.2, -0.15) is 0 Å². The number of benzene rings is 2. The lowest BCUT2D eigenvalue weighted by Crippen LogP contribution is -2.35. The smallest absolute Gasteiger partial charge is 0.311 e. The first kappa shape index (κ1) is 18.1. The molecule has 1 aliphatic heterocycles. The molecule has 2 aromatic carbocycles. The van der Waals surface area contributed by atoms with E-state index in [9.17, 15) is 9.59 Å². The molecule has 0 fully saturated rings. The van der Waals surface area contributed by atoms with Crippen molar-refractivity contribution in [3.63, 3.8) is 0 Å². The van der Waals surface area contributed by atoms with Crippen molar-refractivity contribution in [1.29, 1.82) is 0 Å². The Morgan fingerprint density at radius 2 is 1.96 bits per heavy atom. The van der Waals surface area contributed by atoms with E-state index in [0.29, 0.717) is 28.6 Å². The highest BCUT2D eigenvalue weighted by molar-refractivity contribution is 6.31. The number of esters is 1. The van der Waals surface area contributed by atoms with Gasteiger partial charge in [0.2, 0.25) is 6.79 Å². The molecule has 0 aliphatic carbocycles. The van der Waals surface area contributed by atoms with Crippen molar-refractivity contribution < 1.29 is 23.8 Å². The first-order chi connectivity index (χ1) is 12.5. The van der Waals surface area contributed by atoms with Crippen molar-refractivity contribution in [2.45, 2.75) is 26.0 Å². The molecule has 0 radical (unpaired) electrons. The van der Waals surface area contributed by atoms with E-state index in [4.69, 9.17) is 25.8 Å². The minimum atomic E-state index is -0.904. The van der Waals surface area contributed by atoms with E-state index in [2.05, 4.69) is 5.32 Å². The molecule has 1 N–H and O–H groups in total. The van der Waals surface area contributed by atoms with Gasteiger partial charge in [-0.1, -0.05) is 35.9 Å². The van der Waals surface area contributed by atoms with Crippen molar-refractivity contribution in [3.8, 4) is 11.5 Å². The number of fused-ring (bicyclic) bond motifs is 1. The summed E-state index contributed by atoms with van der Waals surface area (Å²) in [5.74, 6) is 0.442. The lowest BCUT2D eigenvalue weighted by molar-refractivity contribution is -0.154. The maximum Gasteiger partial charge on any atom is 0.311 e. The van der Waals surface area contributed by atoms with Gasteiger partial charge in [-0.15, -0.1) is 0 Å². The Morgan fingerprint density at radius 1 is 1.19 bits per heavy atom. The lowest BCUT2D eigenvalue weighted by atomic mass is 10.1. The zero-order chi connectivity index (χ0) is 18.5. The summed E-state index contributed by atoms with van der Waals surface area (Å²) in [7, 11) is 0. The maximum atomic E-state index is 12.1. The Morgan fingerprint density at radius 3 is 2.77 bits per heavy atom. The predicted octanol–water partition coefficient (Wildman–Crippen LogP) is 2.86. The van der Waals surface area contributed by atoms with Gasteiger partial charge in [0.1, 0.15) is 0 Å². The molecule has 1 atom stereocenters. The molecule has 0 spiro atoms. The minimum absolute atomic E-state index is 0.0133. The highest BCUT2D eigenvalue weighted by Gasteiger charge is 2.19. The molecule has 0 unspecified atom stereocenters. The van der Waals surface area contributed by atoms with Crippen LogP contribution in [0.5, 0.6) is 11.5 Å². The highest BCUT2D eigenvalue weighted by atomic mass is 35.5. The molecular formula is C19H18ClNO5.